The molecule has 92 valence electrons. The summed E-state index contributed by atoms with van der Waals surface area (Å²) in [5, 5.41) is 1.27. The Morgan fingerprint density at radius 1 is 0.941 bits per heavy atom. The number of thiophene rings is 1. The van der Waals surface area contributed by atoms with E-state index in [0.717, 1.165) is 0 Å². The van der Waals surface area contributed by atoms with E-state index in [2.05, 4.69) is 58.7 Å². The van der Waals surface area contributed by atoms with Crippen molar-refractivity contribution >= 4 is 21.4 Å². The molecule has 17 heavy (non-hydrogen) atoms. The lowest BCUT2D eigenvalue weighted by atomic mass is 9.91. The SMILES string of the molecule is CC(C)(C)c1cc2sc(C(C)(C)C)cc2cn1. The van der Waals surface area contributed by atoms with Gasteiger partial charge in [0.2, 0.25) is 0 Å². The zero-order chi connectivity index (χ0) is 12.8. The maximum atomic E-state index is 4.58. The van der Waals surface area contributed by atoms with Gasteiger partial charge in [0.15, 0.2) is 0 Å². The summed E-state index contributed by atoms with van der Waals surface area (Å²) in [6.07, 6.45) is 2.02. The summed E-state index contributed by atoms with van der Waals surface area (Å²) < 4.78 is 1.36. The average Bonchev–Trinajstić information content (AvgIpc) is 2.57. The molecule has 0 fully saturated rings. The highest BCUT2D eigenvalue weighted by Crippen LogP contribution is 2.35. The van der Waals surface area contributed by atoms with Gasteiger partial charge in [0.05, 0.1) is 0 Å². The van der Waals surface area contributed by atoms with Crippen molar-refractivity contribution in [2.24, 2.45) is 0 Å². The third-order valence-corrected chi connectivity index (χ3v) is 4.43. The van der Waals surface area contributed by atoms with Crippen LogP contribution in [-0.2, 0) is 10.8 Å². The Morgan fingerprint density at radius 3 is 2.12 bits per heavy atom. The van der Waals surface area contributed by atoms with E-state index in [9.17, 15) is 0 Å². The van der Waals surface area contributed by atoms with E-state index in [1.165, 1.54) is 20.7 Å². The first-order valence-corrected chi connectivity index (χ1v) is 6.90. The molecule has 0 amide bonds. The first-order valence-electron chi connectivity index (χ1n) is 6.08. The van der Waals surface area contributed by atoms with Crippen LogP contribution in [0, 0.1) is 0 Å². The van der Waals surface area contributed by atoms with Gasteiger partial charge in [0.1, 0.15) is 0 Å². The van der Waals surface area contributed by atoms with E-state index in [4.69, 9.17) is 0 Å². The molecule has 0 saturated carbocycles. The molecule has 0 saturated heterocycles. The molecule has 0 aromatic carbocycles. The van der Waals surface area contributed by atoms with Crippen LogP contribution >= 0.6 is 11.3 Å². The van der Waals surface area contributed by atoms with E-state index in [1.54, 1.807) is 0 Å². The monoisotopic (exact) mass is 247 g/mol. The Labute approximate surface area is 108 Å². The average molecular weight is 247 g/mol. The molecule has 0 atom stereocenters. The van der Waals surface area contributed by atoms with Crippen LogP contribution in [0.4, 0.5) is 0 Å². The van der Waals surface area contributed by atoms with Gasteiger partial charge in [-0.1, -0.05) is 41.5 Å². The molecule has 0 bridgehead atoms. The summed E-state index contributed by atoms with van der Waals surface area (Å²) in [6.45, 7) is 13.4. The zero-order valence-corrected chi connectivity index (χ0v) is 12.4. The number of aromatic nitrogens is 1. The summed E-state index contributed by atoms with van der Waals surface area (Å²) in [4.78, 5) is 6.01. The van der Waals surface area contributed by atoms with Crippen molar-refractivity contribution in [3.8, 4) is 0 Å². The van der Waals surface area contributed by atoms with Crippen molar-refractivity contribution in [2.45, 2.75) is 52.4 Å². The predicted octanol–water partition coefficient (Wildman–Crippen LogP) is 4.89. The van der Waals surface area contributed by atoms with Crippen molar-refractivity contribution in [1.82, 2.24) is 4.98 Å². The van der Waals surface area contributed by atoms with E-state index in [1.807, 2.05) is 17.5 Å². The smallest absolute Gasteiger partial charge is 0.0471 e. The largest absolute Gasteiger partial charge is 0.260 e. The maximum Gasteiger partial charge on any atom is 0.0471 e. The number of pyridine rings is 1. The molecule has 0 unspecified atom stereocenters. The second-order valence-corrected chi connectivity index (χ2v) is 7.80. The van der Waals surface area contributed by atoms with Crippen molar-refractivity contribution in [1.29, 1.82) is 0 Å². The Balaban J connectivity index is 2.56. The van der Waals surface area contributed by atoms with E-state index in [0.29, 0.717) is 0 Å². The molecule has 2 rings (SSSR count). The van der Waals surface area contributed by atoms with Crippen LogP contribution in [0.15, 0.2) is 18.3 Å². The van der Waals surface area contributed by atoms with Crippen LogP contribution in [0.1, 0.15) is 52.1 Å². The Kier molecular flexibility index (Phi) is 2.81. The zero-order valence-electron chi connectivity index (χ0n) is 11.6. The lowest BCUT2D eigenvalue weighted by molar-refractivity contribution is 0.570. The van der Waals surface area contributed by atoms with Gasteiger partial charge in [-0.15, -0.1) is 11.3 Å². The van der Waals surface area contributed by atoms with Crippen molar-refractivity contribution in [3.63, 3.8) is 0 Å². The lowest BCUT2D eigenvalue weighted by Gasteiger charge is -2.17. The molecule has 0 radical (unpaired) electrons. The number of hydrogen-bond donors (Lipinski definition) is 0. The van der Waals surface area contributed by atoms with Crippen LogP contribution < -0.4 is 0 Å². The Bertz CT molecular complexity index is 526. The molecular weight excluding hydrogens is 226 g/mol. The second kappa shape index (κ2) is 3.81. The summed E-state index contributed by atoms with van der Waals surface area (Å²) >= 11 is 1.89. The Hall–Kier alpha value is -0.890. The van der Waals surface area contributed by atoms with Gasteiger partial charge in [0, 0.05) is 32.3 Å². The molecule has 2 aromatic rings. The summed E-state index contributed by atoms with van der Waals surface area (Å²) in [5.74, 6) is 0. The number of nitrogens with zero attached hydrogens (tertiary/aromatic N) is 1. The normalized spacial score (nSPS) is 13.3. The minimum absolute atomic E-state index is 0.125. The van der Waals surface area contributed by atoms with Crippen LogP contribution in [0.2, 0.25) is 0 Å². The first kappa shape index (κ1) is 12.6. The maximum absolute atomic E-state index is 4.58. The quantitative estimate of drug-likeness (QED) is 0.646. The topological polar surface area (TPSA) is 12.9 Å². The van der Waals surface area contributed by atoms with Gasteiger partial charge in [-0.3, -0.25) is 4.98 Å². The number of rotatable bonds is 0. The fourth-order valence-corrected chi connectivity index (χ4v) is 2.84. The summed E-state index contributed by atoms with van der Waals surface area (Å²) in [6, 6.07) is 4.52. The second-order valence-electron chi connectivity index (χ2n) is 6.72. The molecular formula is C15H21NS. The molecule has 0 aliphatic heterocycles. The fourth-order valence-electron chi connectivity index (χ4n) is 1.71. The molecule has 1 nitrogen and oxygen atoms in total. The minimum Gasteiger partial charge on any atom is -0.260 e. The van der Waals surface area contributed by atoms with E-state index in [-0.39, 0.29) is 10.8 Å². The minimum atomic E-state index is 0.125. The van der Waals surface area contributed by atoms with Crippen molar-refractivity contribution in [3.05, 3.63) is 28.9 Å². The molecule has 0 aliphatic rings. The van der Waals surface area contributed by atoms with Crippen molar-refractivity contribution in [2.75, 3.05) is 0 Å². The van der Waals surface area contributed by atoms with Crippen LogP contribution in [0.5, 0.6) is 0 Å². The Morgan fingerprint density at radius 2 is 1.59 bits per heavy atom. The van der Waals surface area contributed by atoms with E-state index < -0.39 is 0 Å². The van der Waals surface area contributed by atoms with E-state index >= 15 is 0 Å². The first-order chi connectivity index (χ1) is 7.68. The summed E-state index contributed by atoms with van der Waals surface area (Å²) in [7, 11) is 0. The highest BCUT2D eigenvalue weighted by molar-refractivity contribution is 7.19. The predicted molar refractivity (Wildman–Crippen MR) is 77.0 cm³/mol. The standard InChI is InChI=1S/C15H21NS/c1-14(2,3)12-8-11-10(9-16-12)7-13(17-11)15(4,5)6/h7-9H,1-6H3. The highest BCUT2D eigenvalue weighted by atomic mass is 32.1. The third-order valence-electron chi connectivity index (χ3n) is 2.91. The van der Waals surface area contributed by atoms with Crippen LogP contribution in [-0.4, -0.2) is 4.98 Å². The van der Waals surface area contributed by atoms with Gasteiger partial charge >= 0.3 is 0 Å². The summed E-state index contributed by atoms with van der Waals surface area (Å²) in [5.41, 5.74) is 1.53. The number of hydrogen-bond acceptors (Lipinski definition) is 2. The molecule has 0 N–H and O–H groups in total. The van der Waals surface area contributed by atoms with Crippen LogP contribution in [0.25, 0.3) is 10.1 Å². The fraction of sp³-hybridized carbons (Fsp3) is 0.533. The van der Waals surface area contributed by atoms with Gasteiger partial charge in [0.25, 0.3) is 0 Å². The van der Waals surface area contributed by atoms with Gasteiger partial charge in [-0.2, -0.15) is 0 Å². The molecule has 2 heteroatoms. The van der Waals surface area contributed by atoms with Gasteiger partial charge in [-0.05, 0) is 17.5 Å². The molecule has 0 aliphatic carbocycles. The third kappa shape index (κ3) is 2.52. The lowest BCUT2D eigenvalue weighted by Crippen LogP contribution is -2.12. The molecule has 0 spiro atoms. The molecule has 2 aromatic heterocycles. The number of fused-ring (bicyclic) bond motifs is 1. The highest BCUT2D eigenvalue weighted by Gasteiger charge is 2.19. The van der Waals surface area contributed by atoms with Gasteiger partial charge < -0.3 is 0 Å². The van der Waals surface area contributed by atoms with Crippen LogP contribution in [0.3, 0.4) is 0 Å². The van der Waals surface area contributed by atoms with Gasteiger partial charge in [-0.25, -0.2) is 0 Å². The molecule has 2 heterocycles. The van der Waals surface area contributed by atoms with Crippen molar-refractivity contribution < 1.29 is 0 Å².